The molecule has 0 saturated carbocycles. The van der Waals surface area contributed by atoms with Gasteiger partial charge in [-0.2, -0.15) is 0 Å². The van der Waals surface area contributed by atoms with Gasteiger partial charge in [-0.05, 0) is 37.1 Å². The average molecular weight is 404 g/mol. The monoisotopic (exact) mass is 403 g/mol. The van der Waals surface area contributed by atoms with Crippen LogP contribution in [0.25, 0.3) is 10.9 Å². The molecule has 0 N–H and O–H groups in total. The molecule has 0 bridgehead atoms. The van der Waals surface area contributed by atoms with Crippen LogP contribution in [-0.4, -0.2) is 55.2 Å². The summed E-state index contributed by atoms with van der Waals surface area (Å²) in [5, 5.41) is 1.13. The highest BCUT2D eigenvalue weighted by atomic mass is 79.9. The zero-order chi connectivity index (χ0) is 17.2. The molecule has 1 amide bonds. The molecule has 132 valence electrons. The van der Waals surface area contributed by atoms with Gasteiger partial charge in [-0.1, -0.05) is 22.0 Å². The SMILES string of the molecule is O=C(C1CCCN(c2ccc3ccc(Br)cc3n2)C1)N1CCOCC1. The highest BCUT2D eigenvalue weighted by molar-refractivity contribution is 9.10. The molecule has 2 aliphatic rings. The molecule has 2 fully saturated rings. The molecule has 1 aromatic heterocycles. The van der Waals surface area contributed by atoms with Gasteiger partial charge in [-0.15, -0.1) is 0 Å². The van der Waals surface area contributed by atoms with Crippen molar-refractivity contribution in [2.45, 2.75) is 12.8 Å². The van der Waals surface area contributed by atoms with E-state index >= 15 is 0 Å². The molecule has 3 heterocycles. The van der Waals surface area contributed by atoms with Crippen LogP contribution in [0.4, 0.5) is 5.82 Å². The first-order valence-electron chi connectivity index (χ1n) is 8.88. The highest BCUT2D eigenvalue weighted by Crippen LogP contribution is 2.26. The minimum absolute atomic E-state index is 0.0619. The largest absolute Gasteiger partial charge is 0.378 e. The Morgan fingerprint density at radius 3 is 2.80 bits per heavy atom. The van der Waals surface area contributed by atoms with Crippen molar-refractivity contribution in [3.8, 4) is 0 Å². The Morgan fingerprint density at radius 1 is 1.16 bits per heavy atom. The van der Waals surface area contributed by atoms with Crippen LogP contribution in [0.3, 0.4) is 0 Å². The smallest absolute Gasteiger partial charge is 0.227 e. The van der Waals surface area contributed by atoms with Crippen molar-refractivity contribution in [1.82, 2.24) is 9.88 Å². The number of fused-ring (bicyclic) bond motifs is 1. The van der Waals surface area contributed by atoms with E-state index < -0.39 is 0 Å². The number of hydrogen-bond donors (Lipinski definition) is 0. The predicted molar refractivity (Wildman–Crippen MR) is 102 cm³/mol. The Labute approximate surface area is 156 Å². The summed E-state index contributed by atoms with van der Waals surface area (Å²) in [7, 11) is 0. The number of hydrogen-bond acceptors (Lipinski definition) is 4. The van der Waals surface area contributed by atoms with Crippen molar-refractivity contribution < 1.29 is 9.53 Å². The molecule has 0 spiro atoms. The molecule has 5 nitrogen and oxygen atoms in total. The quantitative estimate of drug-likeness (QED) is 0.772. The van der Waals surface area contributed by atoms with E-state index in [0.29, 0.717) is 13.2 Å². The number of amides is 1. The second kappa shape index (κ2) is 7.30. The lowest BCUT2D eigenvalue weighted by atomic mass is 9.96. The normalized spacial score (nSPS) is 21.6. The van der Waals surface area contributed by atoms with Crippen LogP contribution < -0.4 is 4.90 Å². The molecule has 0 aliphatic carbocycles. The number of rotatable bonds is 2. The van der Waals surface area contributed by atoms with E-state index in [-0.39, 0.29) is 11.8 Å². The van der Waals surface area contributed by atoms with Gasteiger partial charge in [0.2, 0.25) is 5.91 Å². The topological polar surface area (TPSA) is 45.7 Å². The van der Waals surface area contributed by atoms with Gasteiger partial charge in [0, 0.05) is 36.0 Å². The minimum atomic E-state index is 0.0619. The summed E-state index contributed by atoms with van der Waals surface area (Å²) < 4.78 is 6.39. The number of ether oxygens (including phenoxy) is 1. The van der Waals surface area contributed by atoms with Gasteiger partial charge in [0.1, 0.15) is 5.82 Å². The Morgan fingerprint density at radius 2 is 1.96 bits per heavy atom. The van der Waals surface area contributed by atoms with Crippen molar-refractivity contribution in [1.29, 1.82) is 0 Å². The zero-order valence-electron chi connectivity index (χ0n) is 14.2. The molecule has 2 aromatic rings. The van der Waals surface area contributed by atoms with E-state index in [2.05, 4.69) is 39.0 Å². The minimum Gasteiger partial charge on any atom is -0.378 e. The number of carbonyl (C=O) groups is 1. The lowest BCUT2D eigenvalue weighted by Crippen LogP contribution is -2.48. The van der Waals surface area contributed by atoms with Gasteiger partial charge in [-0.3, -0.25) is 4.79 Å². The van der Waals surface area contributed by atoms with Gasteiger partial charge in [0.15, 0.2) is 0 Å². The summed E-state index contributed by atoms with van der Waals surface area (Å²) >= 11 is 3.51. The van der Waals surface area contributed by atoms with Crippen molar-refractivity contribution in [3.05, 3.63) is 34.8 Å². The second-order valence-electron chi connectivity index (χ2n) is 6.73. The fourth-order valence-electron chi connectivity index (χ4n) is 3.68. The fourth-order valence-corrected chi connectivity index (χ4v) is 4.03. The van der Waals surface area contributed by atoms with E-state index in [1.165, 1.54) is 0 Å². The van der Waals surface area contributed by atoms with E-state index in [4.69, 9.17) is 9.72 Å². The van der Waals surface area contributed by atoms with Crippen molar-refractivity contribution in [2.24, 2.45) is 5.92 Å². The van der Waals surface area contributed by atoms with Gasteiger partial charge in [-0.25, -0.2) is 4.98 Å². The predicted octanol–water partition coefficient (Wildman–Crippen LogP) is 3.07. The Kier molecular flexibility index (Phi) is 4.90. The molecule has 1 atom stereocenters. The molecule has 2 saturated heterocycles. The molecule has 4 rings (SSSR count). The number of pyridine rings is 1. The Bertz CT molecular complexity index is 776. The average Bonchev–Trinajstić information content (AvgIpc) is 2.67. The summed E-state index contributed by atoms with van der Waals surface area (Å²) in [4.78, 5) is 21.8. The summed E-state index contributed by atoms with van der Waals surface area (Å²) in [5.74, 6) is 1.30. The Balaban J connectivity index is 1.51. The fraction of sp³-hybridized carbons (Fsp3) is 0.474. The first-order chi connectivity index (χ1) is 12.2. The van der Waals surface area contributed by atoms with Crippen LogP contribution in [0.5, 0.6) is 0 Å². The van der Waals surface area contributed by atoms with E-state index in [1.54, 1.807) is 0 Å². The summed E-state index contributed by atoms with van der Waals surface area (Å²) in [5.41, 5.74) is 0.980. The molecular weight excluding hydrogens is 382 g/mol. The van der Waals surface area contributed by atoms with Crippen molar-refractivity contribution in [2.75, 3.05) is 44.3 Å². The molecule has 25 heavy (non-hydrogen) atoms. The first-order valence-corrected chi connectivity index (χ1v) is 9.68. The Hall–Kier alpha value is -1.66. The van der Waals surface area contributed by atoms with Gasteiger partial charge in [0.25, 0.3) is 0 Å². The maximum atomic E-state index is 12.8. The lowest BCUT2D eigenvalue weighted by Gasteiger charge is -2.36. The molecule has 1 unspecified atom stereocenters. The third-order valence-corrected chi connectivity index (χ3v) is 5.55. The van der Waals surface area contributed by atoms with Crippen molar-refractivity contribution >= 4 is 38.6 Å². The van der Waals surface area contributed by atoms with Crippen LogP contribution in [0.15, 0.2) is 34.8 Å². The van der Waals surface area contributed by atoms with Crippen molar-refractivity contribution in [3.63, 3.8) is 0 Å². The maximum absolute atomic E-state index is 12.8. The molecule has 1 aromatic carbocycles. The maximum Gasteiger partial charge on any atom is 0.227 e. The molecule has 6 heteroatoms. The number of morpholine rings is 1. The number of piperidine rings is 1. The highest BCUT2D eigenvalue weighted by Gasteiger charge is 2.30. The zero-order valence-corrected chi connectivity index (χ0v) is 15.7. The van der Waals surface area contributed by atoms with Crippen LogP contribution in [0, 0.1) is 5.92 Å². The van der Waals surface area contributed by atoms with Gasteiger partial charge in [0.05, 0.1) is 24.6 Å². The van der Waals surface area contributed by atoms with Crippen LogP contribution in [0.1, 0.15) is 12.8 Å². The van der Waals surface area contributed by atoms with E-state index in [9.17, 15) is 4.79 Å². The number of halogens is 1. The van der Waals surface area contributed by atoms with Crippen LogP contribution >= 0.6 is 15.9 Å². The molecule has 0 radical (unpaired) electrons. The summed E-state index contributed by atoms with van der Waals surface area (Å²) in [6.07, 6.45) is 1.99. The number of anilines is 1. The molecule has 2 aliphatic heterocycles. The molecular formula is C19H22BrN3O2. The first kappa shape index (κ1) is 16.8. The van der Waals surface area contributed by atoms with Crippen LogP contribution in [-0.2, 0) is 9.53 Å². The number of nitrogens with zero attached hydrogens (tertiary/aromatic N) is 3. The third-order valence-electron chi connectivity index (χ3n) is 5.06. The summed E-state index contributed by atoms with van der Waals surface area (Å²) in [6.45, 7) is 4.46. The van der Waals surface area contributed by atoms with Crippen LogP contribution in [0.2, 0.25) is 0 Å². The second-order valence-corrected chi connectivity index (χ2v) is 7.64. The van der Waals surface area contributed by atoms with E-state index in [0.717, 1.165) is 60.2 Å². The van der Waals surface area contributed by atoms with Gasteiger partial charge >= 0.3 is 0 Å². The standard InChI is InChI=1S/C19H22BrN3O2/c20-16-5-3-14-4-6-18(21-17(14)12-16)23-7-1-2-15(13-23)19(24)22-8-10-25-11-9-22/h3-6,12,15H,1-2,7-11,13H2. The number of carbonyl (C=O) groups excluding carboxylic acids is 1. The summed E-state index contributed by atoms with van der Waals surface area (Å²) in [6, 6.07) is 10.3. The third kappa shape index (κ3) is 3.65. The lowest BCUT2D eigenvalue weighted by molar-refractivity contribution is -0.139. The van der Waals surface area contributed by atoms with Gasteiger partial charge < -0.3 is 14.5 Å². The number of benzene rings is 1. The number of aromatic nitrogens is 1. The van der Waals surface area contributed by atoms with E-state index in [1.807, 2.05) is 17.0 Å².